The number of piperazine rings is 1. The number of thiophene rings is 1. The lowest BCUT2D eigenvalue weighted by Gasteiger charge is -2.36. The Hall–Kier alpha value is -2.67. The van der Waals surface area contributed by atoms with Crippen LogP contribution >= 0.6 is 11.3 Å². The van der Waals surface area contributed by atoms with Crippen LogP contribution in [-0.2, 0) is 16.0 Å². The number of nitrogens with zero attached hydrogens (tertiary/aromatic N) is 4. The number of hydrogen-bond donors (Lipinski definition) is 3. The van der Waals surface area contributed by atoms with Crippen LogP contribution in [-0.4, -0.2) is 76.8 Å². The van der Waals surface area contributed by atoms with Crippen LogP contribution in [0.25, 0.3) is 10.2 Å². The molecule has 0 radical (unpaired) electrons. The standard InChI is InChI=1S/C18H23F3N6O3S/c1-2-10-7-11-15(24-17(25-16(11)31-10)23-12(9-28)14(22)30)27-5-3-26(4-6-27)13(29)8-18(19,20)21/h7,12,28H,2-6,8-9H2,1H3,(H2,22,30)(H,23,24,25). The van der Waals surface area contributed by atoms with E-state index in [0.717, 1.165) is 16.7 Å². The van der Waals surface area contributed by atoms with Crippen molar-refractivity contribution in [2.75, 3.05) is 43.0 Å². The summed E-state index contributed by atoms with van der Waals surface area (Å²) in [7, 11) is 0. The minimum Gasteiger partial charge on any atom is -0.394 e. The molecule has 1 aliphatic heterocycles. The summed E-state index contributed by atoms with van der Waals surface area (Å²) < 4.78 is 37.5. The molecular weight excluding hydrogens is 437 g/mol. The highest BCUT2D eigenvalue weighted by atomic mass is 32.1. The highest BCUT2D eigenvalue weighted by Crippen LogP contribution is 2.33. The summed E-state index contributed by atoms with van der Waals surface area (Å²) in [4.78, 5) is 37.0. The van der Waals surface area contributed by atoms with Crippen LogP contribution in [0.3, 0.4) is 0 Å². The lowest BCUT2D eigenvalue weighted by molar-refractivity contribution is -0.161. The first-order valence-corrected chi connectivity index (χ1v) is 10.5. The zero-order valence-corrected chi connectivity index (χ0v) is 17.6. The molecule has 0 spiro atoms. The molecule has 0 bridgehead atoms. The van der Waals surface area contributed by atoms with Gasteiger partial charge in [-0.25, -0.2) is 4.98 Å². The predicted molar refractivity (Wildman–Crippen MR) is 110 cm³/mol. The van der Waals surface area contributed by atoms with Crippen molar-refractivity contribution in [3.05, 3.63) is 10.9 Å². The van der Waals surface area contributed by atoms with Crippen molar-refractivity contribution in [3.63, 3.8) is 0 Å². The van der Waals surface area contributed by atoms with Gasteiger partial charge in [-0.3, -0.25) is 9.59 Å². The summed E-state index contributed by atoms with van der Waals surface area (Å²) in [6.45, 7) is 2.33. The lowest BCUT2D eigenvalue weighted by atomic mass is 10.2. The van der Waals surface area contributed by atoms with Gasteiger partial charge in [-0.15, -0.1) is 11.3 Å². The van der Waals surface area contributed by atoms with Crippen molar-refractivity contribution in [1.82, 2.24) is 14.9 Å². The molecule has 9 nitrogen and oxygen atoms in total. The summed E-state index contributed by atoms with van der Waals surface area (Å²) in [6.07, 6.45) is -5.23. The van der Waals surface area contributed by atoms with E-state index in [-0.39, 0.29) is 19.0 Å². The van der Waals surface area contributed by atoms with Gasteiger partial charge in [-0.05, 0) is 12.5 Å². The molecule has 3 rings (SSSR count). The number of aliphatic hydroxyl groups is 1. The van der Waals surface area contributed by atoms with Gasteiger partial charge in [0.1, 0.15) is 23.1 Å². The Morgan fingerprint density at radius 3 is 2.52 bits per heavy atom. The molecule has 1 saturated heterocycles. The first-order valence-electron chi connectivity index (χ1n) is 9.68. The zero-order chi connectivity index (χ0) is 22.8. The quantitative estimate of drug-likeness (QED) is 0.565. The molecule has 170 valence electrons. The molecule has 1 atom stereocenters. The Bertz CT molecular complexity index is 959. The third-order valence-corrected chi connectivity index (χ3v) is 6.06. The summed E-state index contributed by atoms with van der Waals surface area (Å²) in [6, 6.07) is 0.894. The fourth-order valence-electron chi connectivity index (χ4n) is 3.25. The molecule has 2 aromatic heterocycles. The van der Waals surface area contributed by atoms with E-state index in [1.54, 1.807) is 0 Å². The van der Waals surface area contributed by atoms with Crippen LogP contribution < -0.4 is 16.0 Å². The van der Waals surface area contributed by atoms with Crippen LogP contribution in [0.1, 0.15) is 18.2 Å². The number of primary amides is 1. The molecule has 31 heavy (non-hydrogen) atoms. The number of aliphatic hydroxyl groups excluding tert-OH is 1. The number of hydrogen-bond acceptors (Lipinski definition) is 8. The van der Waals surface area contributed by atoms with Gasteiger partial charge in [-0.1, -0.05) is 6.92 Å². The van der Waals surface area contributed by atoms with Crippen molar-refractivity contribution in [1.29, 1.82) is 0 Å². The Kier molecular flexibility index (Phi) is 6.84. The molecular formula is C18H23F3N6O3S. The minimum absolute atomic E-state index is 0.112. The highest BCUT2D eigenvalue weighted by Gasteiger charge is 2.35. The van der Waals surface area contributed by atoms with Crippen LogP contribution in [0.4, 0.5) is 24.9 Å². The molecule has 0 saturated carbocycles. The normalized spacial score (nSPS) is 15.9. The van der Waals surface area contributed by atoms with Crippen molar-refractivity contribution in [2.24, 2.45) is 5.73 Å². The molecule has 1 unspecified atom stereocenters. The molecule has 13 heteroatoms. The number of halogens is 3. The number of rotatable bonds is 7. The SMILES string of the molecule is CCc1cc2c(N3CCN(C(=O)CC(F)(F)F)CC3)nc(NC(CO)C(N)=O)nc2s1. The van der Waals surface area contributed by atoms with E-state index in [1.807, 2.05) is 17.9 Å². The van der Waals surface area contributed by atoms with Gasteiger partial charge in [0.05, 0.1) is 12.0 Å². The molecule has 2 aromatic rings. The number of fused-ring (bicyclic) bond motifs is 1. The third kappa shape index (κ3) is 5.53. The van der Waals surface area contributed by atoms with Crippen LogP contribution in [0, 0.1) is 0 Å². The average Bonchev–Trinajstić information content (AvgIpc) is 3.13. The maximum atomic E-state index is 12.5. The summed E-state index contributed by atoms with van der Waals surface area (Å²) in [5, 5.41) is 12.9. The van der Waals surface area contributed by atoms with E-state index in [1.165, 1.54) is 16.2 Å². The Labute approximate surface area is 180 Å². The third-order valence-electron chi connectivity index (χ3n) is 4.89. The minimum atomic E-state index is -4.54. The first kappa shape index (κ1) is 23.0. The van der Waals surface area contributed by atoms with Crippen molar-refractivity contribution in [2.45, 2.75) is 32.0 Å². The molecule has 4 N–H and O–H groups in total. The topological polar surface area (TPSA) is 125 Å². The molecule has 2 amide bonds. The fourth-order valence-corrected chi connectivity index (χ4v) is 4.21. The van der Waals surface area contributed by atoms with Gasteiger partial charge >= 0.3 is 6.18 Å². The molecule has 1 aliphatic rings. The van der Waals surface area contributed by atoms with Crippen molar-refractivity contribution in [3.8, 4) is 0 Å². The van der Waals surface area contributed by atoms with E-state index < -0.39 is 37.1 Å². The fraction of sp³-hybridized carbons (Fsp3) is 0.556. The molecule has 3 heterocycles. The van der Waals surface area contributed by atoms with Crippen molar-refractivity contribution < 1.29 is 27.9 Å². The number of amides is 2. The number of anilines is 2. The molecule has 0 aromatic carbocycles. The predicted octanol–water partition coefficient (Wildman–Crippen LogP) is 1.11. The van der Waals surface area contributed by atoms with Crippen molar-refractivity contribution >= 4 is 45.1 Å². The zero-order valence-electron chi connectivity index (χ0n) is 16.8. The van der Waals surface area contributed by atoms with Crippen LogP contribution in [0.2, 0.25) is 0 Å². The number of aryl methyl sites for hydroxylation is 1. The summed E-state index contributed by atoms with van der Waals surface area (Å²) in [5.41, 5.74) is 5.26. The van der Waals surface area contributed by atoms with Crippen LogP contribution in [0.15, 0.2) is 6.07 Å². The maximum absolute atomic E-state index is 12.5. The Morgan fingerprint density at radius 2 is 1.97 bits per heavy atom. The number of carbonyl (C=O) groups is 2. The highest BCUT2D eigenvalue weighted by molar-refractivity contribution is 7.18. The molecule has 1 fully saturated rings. The number of aromatic nitrogens is 2. The van der Waals surface area contributed by atoms with E-state index in [4.69, 9.17) is 5.73 Å². The summed E-state index contributed by atoms with van der Waals surface area (Å²) >= 11 is 1.46. The average molecular weight is 460 g/mol. The number of nitrogens with two attached hydrogens (primary N) is 1. The van der Waals surface area contributed by atoms with E-state index in [2.05, 4.69) is 15.3 Å². The van der Waals surface area contributed by atoms with E-state index in [9.17, 15) is 27.9 Å². The summed E-state index contributed by atoms with van der Waals surface area (Å²) in [5.74, 6) is -1.05. The van der Waals surface area contributed by atoms with Gasteiger partial charge in [0.25, 0.3) is 0 Å². The largest absolute Gasteiger partial charge is 0.397 e. The Balaban J connectivity index is 1.84. The number of nitrogens with one attached hydrogen (secondary N) is 1. The molecule has 0 aliphatic carbocycles. The smallest absolute Gasteiger partial charge is 0.394 e. The lowest BCUT2D eigenvalue weighted by Crippen LogP contribution is -2.49. The van der Waals surface area contributed by atoms with Gasteiger partial charge in [0.2, 0.25) is 17.8 Å². The van der Waals surface area contributed by atoms with Gasteiger partial charge < -0.3 is 26.0 Å². The van der Waals surface area contributed by atoms with Gasteiger partial charge in [0.15, 0.2) is 0 Å². The second kappa shape index (κ2) is 9.22. The van der Waals surface area contributed by atoms with Gasteiger partial charge in [-0.2, -0.15) is 18.2 Å². The Morgan fingerprint density at radius 1 is 1.29 bits per heavy atom. The second-order valence-electron chi connectivity index (χ2n) is 7.10. The maximum Gasteiger partial charge on any atom is 0.397 e. The monoisotopic (exact) mass is 460 g/mol. The van der Waals surface area contributed by atoms with E-state index in [0.29, 0.717) is 23.7 Å². The van der Waals surface area contributed by atoms with Crippen LogP contribution in [0.5, 0.6) is 0 Å². The number of alkyl halides is 3. The second-order valence-corrected chi connectivity index (χ2v) is 8.21. The number of carbonyl (C=O) groups excluding carboxylic acids is 2. The first-order chi connectivity index (χ1) is 14.6. The van der Waals surface area contributed by atoms with E-state index >= 15 is 0 Å². The van der Waals surface area contributed by atoms with Gasteiger partial charge in [0, 0.05) is 31.1 Å².